The van der Waals surface area contributed by atoms with Crippen molar-refractivity contribution in [2.24, 2.45) is 46.2 Å². The van der Waals surface area contributed by atoms with Crippen LogP contribution in [0.2, 0.25) is 0 Å². The Morgan fingerprint density at radius 3 is 2.20 bits per heavy atom. The number of aliphatic hydroxyl groups excluding tert-OH is 1. The van der Waals surface area contributed by atoms with E-state index in [1.165, 1.54) is 77.0 Å². The van der Waals surface area contributed by atoms with Gasteiger partial charge in [0, 0.05) is 19.3 Å². The Balaban J connectivity index is 1.28. The molecule has 0 aliphatic heterocycles. The molecule has 200 valence electrons. The standard InChI is InChI=1S/C31H53NO3/c1-30-18-16-24(33)21-23(30)20-22(12-10-8-6-4-3-5-7-9-11-13-28(32)35)29-25-14-15-27(34)31(25,2)19-17-26(29)30/h22-23,25-27,29,34H,3-21H2,1-2H3,(H2,32,35)/t22?,23?,25-,26+,27?,29-,30-,31-/m0/s1. The molecule has 0 saturated heterocycles. The van der Waals surface area contributed by atoms with E-state index in [1.54, 1.807) is 0 Å². The second kappa shape index (κ2) is 11.7. The molecule has 8 atom stereocenters. The third-order valence-electron chi connectivity index (χ3n) is 11.6. The molecule has 0 bridgehead atoms. The van der Waals surface area contributed by atoms with Gasteiger partial charge < -0.3 is 10.8 Å². The summed E-state index contributed by atoms with van der Waals surface area (Å²) in [6, 6.07) is 0. The van der Waals surface area contributed by atoms with Gasteiger partial charge in [0.25, 0.3) is 0 Å². The van der Waals surface area contributed by atoms with Gasteiger partial charge >= 0.3 is 0 Å². The number of carbonyl (C=O) groups excluding carboxylic acids is 2. The maximum atomic E-state index is 12.4. The topological polar surface area (TPSA) is 80.4 Å². The number of hydrogen-bond donors (Lipinski definition) is 2. The van der Waals surface area contributed by atoms with Gasteiger partial charge in [-0.05, 0) is 85.4 Å². The van der Waals surface area contributed by atoms with Crippen LogP contribution in [0.4, 0.5) is 0 Å². The van der Waals surface area contributed by atoms with Crippen molar-refractivity contribution in [3.05, 3.63) is 0 Å². The molecule has 3 N–H and O–H groups in total. The summed E-state index contributed by atoms with van der Waals surface area (Å²) in [6.45, 7) is 4.94. The monoisotopic (exact) mass is 487 g/mol. The Bertz CT molecular complexity index is 737. The van der Waals surface area contributed by atoms with Crippen LogP contribution in [-0.2, 0) is 9.59 Å². The number of primary amides is 1. The molecule has 3 unspecified atom stereocenters. The van der Waals surface area contributed by atoms with Crippen LogP contribution in [0, 0.1) is 40.4 Å². The van der Waals surface area contributed by atoms with E-state index in [9.17, 15) is 14.7 Å². The summed E-state index contributed by atoms with van der Waals surface area (Å²) in [5, 5.41) is 10.9. The van der Waals surface area contributed by atoms with E-state index in [0.717, 1.165) is 56.3 Å². The van der Waals surface area contributed by atoms with E-state index >= 15 is 0 Å². The highest BCUT2D eigenvalue weighted by atomic mass is 16.3. The molecule has 35 heavy (non-hydrogen) atoms. The molecule has 4 saturated carbocycles. The molecule has 0 aromatic heterocycles. The van der Waals surface area contributed by atoms with Crippen molar-refractivity contribution in [2.75, 3.05) is 0 Å². The van der Waals surface area contributed by atoms with Gasteiger partial charge in [0.15, 0.2) is 0 Å². The van der Waals surface area contributed by atoms with Crippen molar-refractivity contribution in [2.45, 2.75) is 142 Å². The van der Waals surface area contributed by atoms with Crippen LogP contribution >= 0.6 is 0 Å². The van der Waals surface area contributed by atoms with Crippen molar-refractivity contribution < 1.29 is 14.7 Å². The fourth-order valence-electron chi connectivity index (χ4n) is 9.43. The van der Waals surface area contributed by atoms with Crippen LogP contribution in [0.25, 0.3) is 0 Å². The molecular weight excluding hydrogens is 434 g/mol. The zero-order valence-electron chi connectivity index (χ0n) is 22.7. The minimum absolute atomic E-state index is 0.108. The van der Waals surface area contributed by atoms with Gasteiger partial charge in [-0.2, -0.15) is 0 Å². The summed E-state index contributed by atoms with van der Waals surface area (Å²) in [7, 11) is 0. The second-order valence-electron chi connectivity index (χ2n) is 13.6. The number of aliphatic hydroxyl groups is 1. The molecular formula is C31H53NO3. The molecule has 0 heterocycles. The Morgan fingerprint density at radius 1 is 0.886 bits per heavy atom. The fraction of sp³-hybridized carbons (Fsp3) is 0.935. The number of hydrogen-bond acceptors (Lipinski definition) is 3. The highest BCUT2D eigenvalue weighted by Crippen LogP contribution is 2.67. The Kier molecular flexibility index (Phi) is 9.04. The number of rotatable bonds is 12. The van der Waals surface area contributed by atoms with Gasteiger partial charge in [0.1, 0.15) is 5.78 Å². The van der Waals surface area contributed by atoms with Crippen molar-refractivity contribution in [3.63, 3.8) is 0 Å². The van der Waals surface area contributed by atoms with Crippen molar-refractivity contribution in [1.29, 1.82) is 0 Å². The maximum Gasteiger partial charge on any atom is 0.217 e. The van der Waals surface area contributed by atoms with E-state index in [4.69, 9.17) is 5.73 Å². The molecule has 1 amide bonds. The fourth-order valence-corrected chi connectivity index (χ4v) is 9.43. The highest BCUT2D eigenvalue weighted by Gasteiger charge is 2.62. The first-order valence-corrected chi connectivity index (χ1v) is 15.2. The van der Waals surface area contributed by atoms with Crippen LogP contribution in [0.5, 0.6) is 0 Å². The van der Waals surface area contributed by atoms with Gasteiger partial charge in [-0.3, -0.25) is 9.59 Å². The first kappa shape index (κ1) is 27.1. The molecule has 0 aromatic rings. The number of amides is 1. The van der Waals surface area contributed by atoms with Crippen molar-refractivity contribution in [1.82, 2.24) is 0 Å². The Labute approximate surface area is 214 Å². The number of Topliss-reactive ketones (excluding diaryl/α,β-unsaturated/α-hetero) is 1. The van der Waals surface area contributed by atoms with Gasteiger partial charge in [0.05, 0.1) is 6.10 Å². The number of fused-ring (bicyclic) bond motifs is 5. The lowest BCUT2D eigenvalue weighted by Crippen LogP contribution is -2.57. The molecule has 4 aliphatic rings. The summed E-state index contributed by atoms with van der Waals surface area (Å²) >= 11 is 0. The average Bonchev–Trinajstić information content (AvgIpc) is 3.12. The molecule has 0 aromatic carbocycles. The van der Waals surface area contributed by atoms with Gasteiger partial charge in [-0.15, -0.1) is 0 Å². The molecule has 4 fully saturated rings. The quantitative estimate of drug-likeness (QED) is 0.292. The highest BCUT2D eigenvalue weighted by molar-refractivity contribution is 5.79. The third kappa shape index (κ3) is 5.83. The van der Waals surface area contributed by atoms with E-state index < -0.39 is 0 Å². The van der Waals surface area contributed by atoms with E-state index in [-0.39, 0.29) is 17.4 Å². The summed E-state index contributed by atoms with van der Waals surface area (Å²) in [5.41, 5.74) is 5.69. The summed E-state index contributed by atoms with van der Waals surface area (Å²) in [5.74, 6) is 3.90. The normalized spacial score (nSPS) is 40.7. The first-order valence-electron chi connectivity index (χ1n) is 15.2. The van der Waals surface area contributed by atoms with Gasteiger partial charge in [-0.1, -0.05) is 71.6 Å². The van der Waals surface area contributed by atoms with Crippen molar-refractivity contribution >= 4 is 11.7 Å². The van der Waals surface area contributed by atoms with E-state index in [2.05, 4.69) is 13.8 Å². The Hall–Kier alpha value is -0.900. The lowest BCUT2D eigenvalue weighted by molar-refractivity contribution is -0.156. The predicted molar refractivity (Wildman–Crippen MR) is 142 cm³/mol. The second-order valence-corrected chi connectivity index (χ2v) is 13.6. The van der Waals surface area contributed by atoms with E-state index in [1.807, 2.05) is 0 Å². The van der Waals surface area contributed by atoms with Crippen LogP contribution in [0.3, 0.4) is 0 Å². The number of nitrogens with two attached hydrogens (primary N) is 1. The Morgan fingerprint density at radius 2 is 1.51 bits per heavy atom. The molecule has 4 heteroatoms. The lowest BCUT2D eigenvalue weighted by Gasteiger charge is -2.62. The molecule has 4 nitrogen and oxygen atoms in total. The lowest BCUT2D eigenvalue weighted by atomic mass is 9.42. The average molecular weight is 488 g/mol. The zero-order valence-corrected chi connectivity index (χ0v) is 22.7. The maximum absolute atomic E-state index is 12.4. The number of ketones is 1. The molecule has 0 radical (unpaired) electrons. The van der Waals surface area contributed by atoms with Crippen LogP contribution in [-0.4, -0.2) is 22.9 Å². The minimum atomic E-state index is -0.170. The number of carbonyl (C=O) groups is 2. The molecule has 4 rings (SSSR count). The first-order chi connectivity index (χ1) is 16.8. The third-order valence-corrected chi connectivity index (χ3v) is 11.6. The predicted octanol–water partition coefficient (Wildman–Crippen LogP) is 6.96. The van der Waals surface area contributed by atoms with Crippen LogP contribution in [0.1, 0.15) is 136 Å². The molecule has 4 aliphatic carbocycles. The number of unbranched alkanes of at least 4 members (excludes halogenated alkanes) is 8. The summed E-state index contributed by atoms with van der Waals surface area (Å²) < 4.78 is 0. The SMILES string of the molecule is C[C@]12CCC(=O)CC1CC(CCCCCCCCCCCC(N)=O)[C@@H]1[C@H]2CC[C@]2(C)C(O)CC[C@@H]12. The molecule has 0 spiro atoms. The minimum Gasteiger partial charge on any atom is -0.393 e. The van der Waals surface area contributed by atoms with E-state index in [0.29, 0.717) is 29.5 Å². The summed E-state index contributed by atoms with van der Waals surface area (Å²) in [4.78, 5) is 23.2. The van der Waals surface area contributed by atoms with Crippen LogP contribution in [0.15, 0.2) is 0 Å². The van der Waals surface area contributed by atoms with Crippen molar-refractivity contribution in [3.8, 4) is 0 Å². The smallest absolute Gasteiger partial charge is 0.217 e. The summed E-state index contributed by atoms with van der Waals surface area (Å²) in [6.07, 6.45) is 21.7. The largest absolute Gasteiger partial charge is 0.393 e. The van der Waals surface area contributed by atoms with Gasteiger partial charge in [-0.25, -0.2) is 0 Å². The zero-order chi connectivity index (χ0) is 25.1. The van der Waals surface area contributed by atoms with Crippen LogP contribution < -0.4 is 5.73 Å². The van der Waals surface area contributed by atoms with Gasteiger partial charge in [0.2, 0.25) is 5.91 Å².